The number of rotatable bonds is 4. The second kappa shape index (κ2) is 5.50. The number of Topliss-reactive ketones (excluding diaryl/α,β-unsaturated/α-hetero) is 1. The molecule has 0 bridgehead atoms. The zero-order chi connectivity index (χ0) is 14.0. The predicted octanol–water partition coefficient (Wildman–Crippen LogP) is 1.99. The average Bonchev–Trinajstić information content (AvgIpc) is 2.70. The quantitative estimate of drug-likeness (QED) is 0.625. The van der Waals surface area contributed by atoms with Gasteiger partial charge in [-0.3, -0.25) is 19.2 Å². The van der Waals surface area contributed by atoms with Crippen LogP contribution in [0.3, 0.4) is 0 Å². The van der Waals surface area contributed by atoms with Crippen molar-refractivity contribution < 1.29 is 19.2 Å². The van der Waals surface area contributed by atoms with E-state index in [9.17, 15) is 14.4 Å². The summed E-state index contributed by atoms with van der Waals surface area (Å²) in [5, 5.41) is 1.20. The average molecular weight is 282 g/mol. The van der Waals surface area contributed by atoms with Gasteiger partial charge in [-0.1, -0.05) is 11.6 Å². The number of hydrogen-bond acceptors (Lipinski definition) is 4. The lowest BCUT2D eigenvalue weighted by Gasteiger charge is -2.18. The van der Waals surface area contributed by atoms with Crippen molar-refractivity contribution in [1.82, 2.24) is 5.06 Å². The van der Waals surface area contributed by atoms with Crippen LogP contribution >= 0.6 is 11.6 Å². The number of nitrogens with zero attached hydrogens (tertiary/aromatic N) is 1. The highest BCUT2D eigenvalue weighted by molar-refractivity contribution is 6.30. The molecule has 1 aromatic rings. The lowest BCUT2D eigenvalue weighted by Crippen LogP contribution is -2.36. The molecule has 100 valence electrons. The van der Waals surface area contributed by atoms with Crippen LogP contribution in [0.1, 0.15) is 30.1 Å². The van der Waals surface area contributed by atoms with E-state index >= 15 is 0 Å². The highest BCUT2D eigenvalue weighted by Crippen LogP contribution is 2.17. The van der Waals surface area contributed by atoms with Crippen molar-refractivity contribution >= 4 is 29.2 Å². The molecule has 1 atom stereocenters. The molecule has 19 heavy (non-hydrogen) atoms. The highest BCUT2D eigenvalue weighted by atomic mass is 35.5. The molecule has 1 aliphatic heterocycles. The summed E-state index contributed by atoms with van der Waals surface area (Å²) < 4.78 is 0. The Kier molecular flexibility index (Phi) is 3.97. The minimum Gasteiger partial charge on any atom is -0.291 e. The van der Waals surface area contributed by atoms with Crippen molar-refractivity contribution in [2.75, 3.05) is 0 Å². The Morgan fingerprint density at radius 1 is 1.21 bits per heavy atom. The van der Waals surface area contributed by atoms with E-state index in [1.165, 1.54) is 6.92 Å². The first-order chi connectivity index (χ1) is 8.99. The molecule has 0 aromatic heterocycles. The van der Waals surface area contributed by atoms with E-state index in [1.54, 1.807) is 24.3 Å². The van der Waals surface area contributed by atoms with E-state index in [0.717, 1.165) is 0 Å². The maximum atomic E-state index is 12.0. The molecule has 0 saturated carbocycles. The third-order valence-electron chi connectivity index (χ3n) is 2.77. The monoisotopic (exact) mass is 281 g/mol. The second-order valence-electron chi connectivity index (χ2n) is 4.20. The van der Waals surface area contributed by atoms with Gasteiger partial charge in [0.25, 0.3) is 11.8 Å². The van der Waals surface area contributed by atoms with Crippen molar-refractivity contribution in [2.24, 2.45) is 0 Å². The van der Waals surface area contributed by atoms with Crippen LogP contribution in [0.4, 0.5) is 0 Å². The van der Waals surface area contributed by atoms with Crippen molar-refractivity contribution in [3.05, 3.63) is 34.9 Å². The van der Waals surface area contributed by atoms with Crippen molar-refractivity contribution in [3.63, 3.8) is 0 Å². The molecule has 1 aromatic carbocycles. The molecule has 1 unspecified atom stereocenters. The molecule has 1 saturated heterocycles. The lowest BCUT2D eigenvalue weighted by molar-refractivity contribution is -0.194. The van der Waals surface area contributed by atoms with Crippen LogP contribution in [0.25, 0.3) is 0 Å². The Bertz CT molecular complexity index is 510. The van der Waals surface area contributed by atoms with E-state index in [-0.39, 0.29) is 18.6 Å². The van der Waals surface area contributed by atoms with Crippen molar-refractivity contribution in [2.45, 2.75) is 25.9 Å². The summed E-state index contributed by atoms with van der Waals surface area (Å²) in [5.41, 5.74) is 0.413. The number of halogens is 1. The van der Waals surface area contributed by atoms with Gasteiger partial charge in [-0.2, -0.15) is 5.06 Å². The van der Waals surface area contributed by atoms with Gasteiger partial charge in [0, 0.05) is 23.4 Å². The molecule has 1 heterocycles. The van der Waals surface area contributed by atoms with Gasteiger partial charge in [0.05, 0.1) is 0 Å². The van der Waals surface area contributed by atoms with E-state index in [4.69, 9.17) is 16.4 Å². The number of ketones is 1. The largest absolute Gasteiger partial charge is 0.291 e. The van der Waals surface area contributed by atoms with E-state index in [1.807, 2.05) is 0 Å². The van der Waals surface area contributed by atoms with Crippen LogP contribution < -0.4 is 0 Å². The Morgan fingerprint density at radius 3 is 2.26 bits per heavy atom. The lowest BCUT2D eigenvalue weighted by atomic mass is 10.1. The summed E-state index contributed by atoms with van der Waals surface area (Å²) in [5.74, 6) is -1.15. The molecule has 2 amide bonds. The third kappa shape index (κ3) is 3.00. The van der Waals surface area contributed by atoms with Crippen LogP contribution in [0, 0.1) is 0 Å². The normalized spacial score (nSPS) is 16.8. The fraction of sp³-hybridized carbons (Fsp3) is 0.308. The Labute approximate surface area is 115 Å². The van der Waals surface area contributed by atoms with Gasteiger partial charge in [0.15, 0.2) is 5.78 Å². The Morgan fingerprint density at radius 2 is 1.74 bits per heavy atom. The Balaban J connectivity index is 2.05. The standard InChI is InChI=1S/C13H12ClNO4/c1-8(19-15-11(16)6-7-12(15)17)13(18)9-2-4-10(14)5-3-9/h2-5,8H,6-7H2,1H3. The maximum absolute atomic E-state index is 12.0. The summed E-state index contributed by atoms with van der Waals surface area (Å²) in [4.78, 5) is 39.9. The maximum Gasteiger partial charge on any atom is 0.254 e. The fourth-order valence-corrected chi connectivity index (χ4v) is 1.85. The zero-order valence-electron chi connectivity index (χ0n) is 10.3. The van der Waals surface area contributed by atoms with Crippen LogP contribution in [-0.2, 0) is 14.4 Å². The van der Waals surface area contributed by atoms with Crippen LogP contribution in [0.2, 0.25) is 5.02 Å². The molecule has 5 nitrogen and oxygen atoms in total. The fourth-order valence-electron chi connectivity index (χ4n) is 1.73. The molecule has 1 fully saturated rings. The van der Waals surface area contributed by atoms with E-state index < -0.39 is 17.9 Å². The van der Waals surface area contributed by atoms with Crippen molar-refractivity contribution in [3.8, 4) is 0 Å². The molecule has 0 N–H and O–H groups in total. The topological polar surface area (TPSA) is 63.7 Å². The predicted molar refractivity (Wildman–Crippen MR) is 67.4 cm³/mol. The van der Waals surface area contributed by atoms with Gasteiger partial charge in [0.1, 0.15) is 6.10 Å². The molecule has 0 aliphatic carbocycles. The minimum absolute atomic E-state index is 0.126. The summed E-state index contributed by atoms with van der Waals surface area (Å²) in [6.07, 6.45) is -0.659. The molecule has 1 aliphatic rings. The van der Waals surface area contributed by atoms with Crippen molar-refractivity contribution in [1.29, 1.82) is 0 Å². The first-order valence-electron chi connectivity index (χ1n) is 5.81. The molecule has 6 heteroatoms. The highest BCUT2D eigenvalue weighted by Gasteiger charge is 2.33. The minimum atomic E-state index is -0.910. The SMILES string of the molecule is CC(ON1C(=O)CCC1=O)C(=O)c1ccc(Cl)cc1. The first kappa shape index (κ1) is 13.7. The first-order valence-corrected chi connectivity index (χ1v) is 6.19. The van der Waals surface area contributed by atoms with Crippen LogP contribution in [0.5, 0.6) is 0 Å². The van der Waals surface area contributed by atoms with Gasteiger partial charge < -0.3 is 0 Å². The smallest absolute Gasteiger partial charge is 0.254 e. The molecule has 2 rings (SSSR count). The van der Waals surface area contributed by atoms with Gasteiger partial charge >= 0.3 is 0 Å². The number of imide groups is 1. The zero-order valence-corrected chi connectivity index (χ0v) is 11.0. The van der Waals surface area contributed by atoms with E-state index in [2.05, 4.69) is 0 Å². The summed E-state index contributed by atoms with van der Waals surface area (Å²) in [6.45, 7) is 1.50. The number of benzene rings is 1. The van der Waals surface area contributed by atoms with Crippen LogP contribution in [-0.4, -0.2) is 28.8 Å². The van der Waals surface area contributed by atoms with Gasteiger partial charge in [0.2, 0.25) is 0 Å². The summed E-state index contributed by atoms with van der Waals surface area (Å²) >= 11 is 5.73. The number of hydroxylamine groups is 2. The number of carbonyl (C=O) groups excluding carboxylic acids is 3. The van der Waals surface area contributed by atoms with Gasteiger partial charge in [-0.25, -0.2) is 0 Å². The summed E-state index contributed by atoms with van der Waals surface area (Å²) in [7, 11) is 0. The number of carbonyl (C=O) groups is 3. The van der Waals surface area contributed by atoms with Crippen LogP contribution in [0.15, 0.2) is 24.3 Å². The van der Waals surface area contributed by atoms with E-state index in [0.29, 0.717) is 15.6 Å². The molecular weight excluding hydrogens is 270 g/mol. The van der Waals surface area contributed by atoms with Gasteiger partial charge in [-0.05, 0) is 31.2 Å². The number of amides is 2. The number of hydrogen-bond donors (Lipinski definition) is 0. The Hall–Kier alpha value is -1.72. The third-order valence-corrected chi connectivity index (χ3v) is 3.02. The molecular formula is C13H12ClNO4. The summed E-state index contributed by atoms with van der Waals surface area (Å²) in [6, 6.07) is 6.32. The second-order valence-corrected chi connectivity index (χ2v) is 4.64. The molecule has 0 spiro atoms. The molecule has 0 radical (unpaired) electrons. The van der Waals surface area contributed by atoms with Gasteiger partial charge in [-0.15, -0.1) is 0 Å².